The first-order valence-electron chi connectivity index (χ1n) is 7.28. The van der Waals surface area contributed by atoms with Gasteiger partial charge in [0, 0.05) is 19.0 Å². The van der Waals surface area contributed by atoms with Crippen molar-refractivity contribution >= 4 is 12.1 Å². The van der Waals surface area contributed by atoms with Crippen LogP contribution in [0.4, 0.5) is 4.79 Å². The molecule has 120 valence electrons. The SMILES string of the molecule is O=C(O)c1conc1C1CCN(C(=O)OCc2ccccc2)C1. The van der Waals surface area contributed by atoms with Crippen LogP contribution < -0.4 is 0 Å². The molecule has 1 unspecified atom stereocenters. The second kappa shape index (κ2) is 6.51. The van der Waals surface area contributed by atoms with E-state index in [4.69, 9.17) is 14.4 Å². The number of nitrogens with zero attached hydrogens (tertiary/aromatic N) is 2. The zero-order valence-electron chi connectivity index (χ0n) is 12.3. The highest BCUT2D eigenvalue weighted by Gasteiger charge is 2.33. The molecule has 1 saturated heterocycles. The fraction of sp³-hybridized carbons (Fsp3) is 0.312. The van der Waals surface area contributed by atoms with Crippen molar-refractivity contribution in [1.29, 1.82) is 0 Å². The Morgan fingerprint density at radius 2 is 2.13 bits per heavy atom. The number of carboxylic acids is 1. The van der Waals surface area contributed by atoms with Crippen LogP contribution in [0.3, 0.4) is 0 Å². The topological polar surface area (TPSA) is 92.9 Å². The van der Waals surface area contributed by atoms with Crippen molar-refractivity contribution in [2.75, 3.05) is 13.1 Å². The number of likely N-dealkylation sites (tertiary alicyclic amines) is 1. The van der Waals surface area contributed by atoms with Gasteiger partial charge in [0.1, 0.15) is 24.1 Å². The number of hydrogen-bond donors (Lipinski definition) is 1. The fourth-order valence-corrected chi connectivity index (χ4v) is 2.66. The lowest BCUT2D eigenvalue weighted by atomic mass is 10.0. The van der Waals surface area contributed by atoms with Gasteiger partial charge in [-0.25, -0.2) is 9.59 Å². The van der Waals surface area contributed by atoms with Crippen LogP contribution in [0, 0.1) is 0 Å². The number of benzene rings is 1. The molecule has 7 nitrogen and oxygen atoms in total. The Bertz CT molecular complexity index is 698. The second-order valence-electron chi connectivity index (χ2n) is 5.39. The number of carbonyl (C=O) groups excluding carboxylic acids is 1. The van der Waals surface area contributed by atoms with Crippen molar-refractivity contribution in [2.24, 2.45) is 0 Å². The molecule has 1 amide bonds. The molecule has 0 aliphatic carbocycles. The molecular weight excluding hydrogens is 300 g/mol. The van der Waals surface area contributed by atoms with E-state index in [1.165, 1.54) is 0 Å². The number of amides is 1. The molecule has 7 heteroatoms. The van der Waals surface area contributed by atoms with Gasteiger partial charge >= 0.3 is 12.1 Å². The van der Waals surface area contributed by atoms with Crippen molar-refractivity contribution in [3.63, 3.8) is 0 Å². The monoisotopic (exact) mass is 316 g/mol. The fourth-order valence-electron chi connectivity index (χ4n) is 2.66. The van der Waals surface area contributed by atoms with Crippen LogP contribution in [0.2, 0.25) is 0 Å². The van der Waals surface area contributed by atoms with E-state index in [1.54, 1.807) is 4.90 Å². The highest BCUT2D eigenvalue weighted by atomic mass is 16.6. The maximum Gasteiger partial charge on any atom is 0.410 e. The molecule has 3 rings (SSSR count). The second-order valence-corrected chi connectivity index (χ2v) is 5.39. The van der Waals surface area contributed by atoms with Gasteiger partial charge in [-0.3, -0.25) is 0 Å². The summed E-state index contributed by atoms with van der Waals surface area (Å²) in [7, 11) is 0. The quantitative estimate of drug-likeness (QED) is 0.931. The summed E-state index contributed by atoms with van der Waals surface area (Å²) in [6.07, 6.45) is 1.35. The lowest BCUT2D eigenvalue weighted by Crippen LogP contribution is -2.29. The van der Waals surface area contributed by atoms with Gasteiger partial charge in [0.05, 0.1) is 0 Å². The van der Waals surface area contributed by atoms with Crippen LogP contribution in [0.15, 0.2) is 41.1 Å². The average molecular weight is 316 g/mol. The minimum Gasteiger partial charge on any atom is -0.478 e. The third kappa shape index (κ3) is 3.33. The Balaban J connectivity index is 1.58. The van der Waals surface area contributed by atoms with E-state index in [-0.39, 0.29) is 18.1 Å². The minimum atomic E-state index is -1.08. The van der Waals surface area contributed by atoms with Crippen molar-refractivity contribution in [3.05, 3.63) is 53.4 Å². The summed E-state index contributed by atoms with van der Waals surface area (Å²) < 4.78 is 10.0. The van der Waals surface area contributed by atoms with E-state index in [2.05, 4.69) is 5.16 Å². The molecule has 1 aromatic carbocycles. The molecule has 1 aliphatic heterocycles. The molecule has 23 heavy (non-hydrogen) atoms. The van der Waals surface area contributed by atoms with E-state index in [9.17, 15) is 9.59 Å². The Morgan fingerprint density at radius 3 is 2.87 bits per heavy atom. The summed E-state index contributed by atoms with van der Waals surface area (Å²) in [6.45, 7) is 1.09. The smallest absolute Gasteiger partial charge is 0.410 e. The number of carboxylic acid groups (broad SMARTS) is 1. The zero-order valence-corrected chi connectivity index (χ0v) is 12.3. The van der Waals surface area contributed by atoms with Crippen molar-refractivity contribution in [3.8, 4) is 0 Å². The first-order valence-corrected chi connectivity index (χ1v) is 7.28. The van der Waals surface area contributed by atoms with Gasteiger partial charge in [0.15, 0.2) is 0 Å². The van der Waals surface area contributed by atoms with E-state index in [1.807, 2.05) is 30.3 Å². The molecule has 1 aromatic heterocycles. The maximum atomic E-state index is 12.1. The van der Waals surface area contributed by atoms with Crippen LogP contribution in [-0.4, -0.2) is 40.3 Å². The molecule has 1 fully saturated rings. The summed E-state index contributed by atoms with van der Waals surface area (Å²) in [5.74, 6) is -1.23. The molecule has 0 radical (unpaired) electrons. The third-order valence-electron chi connectivity index (χ3n) is 3.87. The summed E-state index contributed by atoms with van der Waals surface area (Å²) in [6, 6.07) is 9.43. The standard InChI is InChI=1S/C16H16N2O5/c19-15(20)13-10-23-17-14(13)12-6-7-18(8-12)16(21)22-9-11-4-2-1-3-5-11/h1-5,10,12H,6-9H2,(H,19,20). The van der Waals surface area contributed by atoms with E-state index in [0.717, 1.165) is 11.8 Å². The van der Waals surface area contributed by atoms with Gasteiger partial charge in [-0.15, -0.1) is 0 Å². The predicted octanol–water partition coefficient (Wildman–Crippen LogP) is 2.50. The van der Waals surface area contributed by atoms with Gasteiger partial charge in [-0.05, 0) is 12.0 Å². The number of hydrogen-bond acceptors (Lipinski definition) is 5. The van der Waals surface area contributed by atoms with Gasteiger partial charge in [-0.1, -0.05) is 35.5 Å². The molecule has 1 aliphatic rings. The van der Waals surface area contributed by atoms with Crippen molar-refractivity contribution in [1.82, 2.24) is 10.1 Å². The number of aromatic carboxylic acids is 1. The first kappa shape index (κ1) is 15.1. The highest BCUT2D eigenvalue weighted by Crippen LogP contribution is 2.29. The summed E-state index contributed by atoms with van der Waals surface area (Å²) in [4.78, 5) is 24.8. The Kier molecular flexibility index (Phi) is 4.27. The number of rotatable bonds is 4. The van der Waals surface area contributed by atoms with Gasteiger partial charge in [-0.2, -0.15) is 0 Å². The maximum absolute atomic E-state index is 12.1. The minimum absolute atomic E-state index is 0.0505. The Morgan fingerprint density at radius 1 is 1.35 bits per heavy atom. The molecule has 1 N–H and O–H groups in total. The van der Waals surface area contributed by atoms with Crippen LogP contribution in [0.25, 0.3) is 0 Å². The molecule has 0 saturated carbocycles. The van der Waals surface area contributed by atoms with E-state index >= 15 is 0 Å². The Labute approximate surface area is 132 Å². The number of aromatic nitrogens is 1. The van der Waals surface area contributed by atoms with Crippen LogP contribution in [0.1, 0.15) is 34.0 Å². The van der Waals surface area contributed by atoms with E-state index in [0.29, 0.717) is 25.2 Å². The molecule has 1 atom stereocenters. The van der Waals surface area contributed by atoms with Gasteiger partial charge < -0.3 is 19.3 Å². The van der Waals surface area contributed by atoms with Gasteiger partial charge in [0.2, 0.25) is 0 Å². The predicted molar refractivity (Wildman–Crippen MR) is 79.0 cm³/mol. The van der Waals surface area contributed by atoms with Crippen molar-refractivity contribution in [2.45, 2.75) is 18.9 Å². The largest absolute Gasteiger partial charge is 0.478 e. The molecule has 0 bridgehead atoms. The zero-order chi connectivity index (χ0) is 16.2. The first-order chi connectivity index (χ1) is 11.1. The Hall–Kier alpha value is -2.83. The lowest BCUT2D eigenvalue weighted by Gasteiger charge is -2.16. The van der Waals surface area contributed by atoms with E-state index < -0.39 is 12.1 Å². The molecule has 2 heterocycles. The van der Waals surface area contributed by atoms with Gasteiger partial charge in [0.25, 0.3) is 0 Å². The van der Waals surface area contributed by atoms with Crippen LogP contribution >= 0.6 is 0 Å². The third-order valence-corrected chi connectivity index (χ3v) is 3.87. The van der Waals surface area contributed by atoms with Crippen LogP contribution in [-0.2, 0) is 11.3 Å². The number of ether oxygens (including phenoxy) is 1. The molecule has 0 spiro atoms. The normalized spacial score (nSPS) is 17.2. The number of carbonyl (C=O) groups is 2. The summed E-state index contributed by atoms with van der Waals surface area (Å²) in [5.41, 5.74) is 1.35. The van der Waals surface area contributed by atoms with Crippen LogP contribution in [0.5, 0.6) is 0 Å². The summed E-state index contributed by atoms with van der Waals surface area (Å²) >= 11 is 0. The molecule has 2 aromatic rings. The van der Waals surface area contributed by atoms with Crippen molar-refractivity contribution < 1.29 is 24.0 Å². The highest BCUT2D eigenvalue weighted by molar-refractivity contribution is 5.88. The average Bonchev–Trinajstić information content (AvgIpc) is 3.22. The molecular formula is C16H16N2O5. The summed E-state index contributed by atoms with van der Waals surface area (Å²) in [5, 5.41) is 12.9. The lowest BCUT2D eigenvalue weighted by molar-refractivity contribution is 0.0694.